The Morgan fingerprint density at radius 3 is 2.39 bits per heavy atom. The van der Waals surface area contributed by atoms with Gasteiger partial charge in [-0.1, -0.05) is 5.21 Å². The quantitative estimate of drug-likeness (QED) is 0.767. The number of carbonyl (C=O) groups is 1. The van der Waals surface area contributed by atoms with Crippen LogP contribution in [0.1, 0.15) is 86.0 Å². The summed E-state index contributed by atoms with van der Waals surface area (Å²) in [6.45, 7) is 15.4. The van der Waals surface area contributed by atoms with Crippen molar-refractivity contribution in [1.29, 1.82) is 5.26 Å². The fourth-order valence-electron chi connectivity index (χ4n) is 3.83. The van der Waals surface area contributed by atoms with Gasteiger partial charge in [0.05, 0.1) is 23.8 Å². The largest absolute Gasteiger partial charge is 0.444 e. The van der Waals surface area contributed by atoms with Gasteiger partial charge < -0.3 is 9.47 Å². The molecule has 31 heavy (non-hydrogen) atoms. The molecule has 2 aliphatic heterocycles. The Balaban J connectivity index is 0.000000225. The second-order valence-corrected chi connectivity index (χ2v) is 9.96. The summed E-state index contributed by atoms with van der Waals surface area (Å²) in [5, 5.41) is 22.7. The van der Waals surface area contributed by atoms with E-state index in [1.165, 1.54) is 0 Å². The molecule has 1 unspecified atom stereocenters. The Morgan fingerprint density at radius 2 is 1.84 bits per heavy atom. The maximum Gasteiger partial charge on any atom is 0.410 e. The van der Waals surface area contributed by atoms with E-state index >= 15 is 0 Å². The second-order valence-electron chi connectivity index (χ2n) is 9.96. The minimum Gasteiger partial charge on any atom is -0.444 e. The van der Waals surface area contributed by atoms with E-state index in [0.29, 0.717) is 12.4 Å². The highest BCUT2D eigenvalue weighted by molar-refractivity contribution is 5.69. The summed E-state index contributed by atoms with van der Waals surface area (Å²) in [5.74, 6) is 0.549. The molecule has 0 bridgehead atoms. The number of H-pyrrole nitrogens is 1. The predicted octanol–water partition coefficient (Wildman–Crippen LogP) is 3.41. The lowest BCUT2D eigenvalue weighted by atomic mass is 10.2. The third-order valence-corrected chi connectivity index (χ3v) is 4.97. The van der Waals surface area contributed by atoms with Crippen LogP contribution in [0.3, 0.4) is 0 Å². The summed E-state index contributed by atoms with van der Waals surface area (Å²) in [6, 6.07) is 2.25. The number of aromatic amines is 1. The molecule has 0 radical (unpaired) electrons. The predicted molar refractivity (Wildman–Crippen MR) is 115 cm³/mol. The Kier molecular flexibility index (Phi) is 8.37. The van der Waals surface area contributed by atoms with E-state index in [9.17, 15) is 4.79 Å². The van der Waals surface area contributed by atoms with Crippen molar-refractivity contribution in [1.82, 2.24) is 30.4 Å². The first-order chi connectivity index (χ1) is 14.4. The summed E-state index contributed by atoms with van der Waals surface area (Å²) >= 11 is 0. The van der Waals surface area contributed by atoms with E-state index in [-0.39, 0.29) is 30.0 Å². The first-order valence-electron chi connectivity index (χ1n) is 11.0. The van der Waals surface area contributed by atoms with Gasteiger partial charge >= 0.3 is 6.09 Å². The molecule has 1 amide bonds. The van der Waals surface area contributed by atoms with Gasteiger partial charge in [0.2, 0.25) is 0 Å². The highest BCUT2D eigenvalue weighted by Crippen LogP contribution is 2.30. The van der Waals surface area contributed by atoms with Gasteiger partial charge in [0, 0.05) is 13.1 Å². The lowest BCUT2D eigenvalue weighted by molar-refractivity contribution is -0.122. The van der Waals surface area contributed by atoms with Crippen LogP contribution in [-0.4, -0.2) is 73.1 Å². The number of tetrazole rings is 1. The number of amides is 1. The SMILES string of the molecule is CC(C)(C)OC(=O)N1CCC[C@H]1c1nn[nH]n1.CC(OC(C)(C)C)N1CCC[C@H]1C#N. The van der Waals surface area contributed by atoms with E-state index in [1.54, 1.807) is 4.90 Å². The number of nitriles is 1. The summed E-state index contributed by atoms with van der Waals surface area (Å²) in [6.07, 6.45) is 3.59. The first-order valence-corrected chi connectivity index (χ1v) is 11.0. The van der Waals surface area contributed by atoms with E-state index in [0.717, 1.165) is 32.2 Å². The molecule has 1 N–H and O–H groups in total. The molecule has 2 fully saturated rings. The van der Waals surface area contributed by atoms with Crippen molar-refractivity contribution in [3.63, 3.8) is 0 Å². The molecule has 3 atom stereocenters. The highest BCUT2D eigenvalue weighted by Gasteiger charge is 2.35. The van der Waals surface area contributed by atoms with Crippen LogP contribution in [0.15, 0.2) is 0 Å². The van der Waals surface area contributed by atoms with Crippen molar-refractivity contribution in [3.05, 3.63) is 5.82 Å². The Bertz CT molecular complexity index is 734. The van der Waals surface area contributed by atoms with Gasteiger partial charge in [-0.15, -0.1) is 10.2 Å². The zero-order valence-corrected chi connectivity index (χ0v) is 19.9. The number of nitrogens with one attached hydrogen (secondary N) is 1. The molecule has 174 valence electrons. The van der Waals surface area contributed by atoms with Crippen molar-refractivity contribution in [3.8, 4) is 6.07 Å². The number of hydrogen-bond acceptors (Lipinski definition) is 8. The number of aromatic nitrogens is 4. The molecule has 10 heteroatoms. The Hall–Kier alpha value is -2.25. The topological polar surface area (TPSA) is 120 Å². The lowest BCUT2D eigenvalue weighted by Crippen LogP contribution is -2.42. The van der Waals surface area contributed by atoms with Gasteiger partial charge in [0.15, 0.2) is 5.82 Å². The number of nitrogens with zero attached hydrogens (tertiary/aromatic N) is 6. The zero-order valence-electron chi connectivity index (χ0n) is 19.9. The standard InChI is InChI=1S/C11H20N2O.C10H17N5O2/c1-9(14-11(2,3)4)13-7-5-6-10(13)8-12;1-10(2,3)17-9(16)15-6-4-5-7(15)8-11-13-14-12-8/h9-10H,5-7H2,1-4H3;7H,4-6H2,1-3H3,(H,11,12,13,14)/t9?,10-;7-/m00/s1. The van der Waals surface area contributed by atoms with E-state index in [4.69, 9.17) is 14.7 Å². The molecule has 2 aliphatic rings. The number of rotatable bonds is 3. The molecular weight excluding hydrogens is 398 g/mol. The number of likely N-dealkylation sites (tertiary alicyclic amines) is 2. The Labute approximate surface area is 185 Å². The zero-order chi connectivity index (χ0) is 23.2. The van der Waals surface area contributed by atoms with Crippen LogP contribution < -0.4 is 0 Å². The molecule has 0 aromatic carbocycles. The Morgan fingerprint density at radius 1 is 1.16 bits per heavy atom. The molecule has 3 heterocycles. The van der Waals surface area contributed by atoms with Gasteiger partial charge in [-0.25, -0.2) is 4.79 Å². The molecule has 0 aliphatic carbocycles. The lowest BCUT2D eigenvalue weighted by Gasteiger charge is -2.32. The van der Waals surface area contributed by atoms with Crippen LogP contribution in [0.2, 0.25) is 0 Å². The fraction of sp³-hybridized carbons (Fsp3) is 0.857. The third kappa shape index (κ3) is 7.74. The fourth-order valence-corrected chi connectivity index (χ4v) is 3.83. The minimum absolute atomic E-state index is 0.0437. The smallest absolute Gasteiger partial charge is 0.410 e. The van der Waals surface area contributed by atoms with Crippen LogP contribution in [0.4, 0.5) is 4.79 Å². The van der Waals surface area contributed by atoms with Crippen LogP contribution in [0, 0.1) is 11.3 Å². The average molecular weight is 436 g/mol. The van der Waals surface area contributed by atoms with Crippen molar-refractivity contribution >= 4 is 6.09 Å². The van der Waals surface area contributed by atoms with Crippen LogP contribution in [0.25, 0.3) is 0 Å². The maximum absolute atomic E-state index is 12.0. The van der Waals surface area contributed by atoms with Crippen LogP contribution >= 0.6 is 0 Å². The first kappa shape index (κ1) is 25.0. The second kappa shape index (κ2) is 10.4. The minimum atomic E-state index is -0.485. The summed E-state index contributed by atoms with van der Waals surface area (Å²) in [4.78, 5) is 15.8. The van der Waals surface area contributed by atoms with Crippen LogP contribution in [-0.2, 0) is 9.47 Å². The van der Waals surface area contributed by atoms with Crippen LogP contribution in [0.5, 0.6) is 0 Å². The van der Waals surface area contributed by atoms with Gasteiger partial charge in [-0.3, -0.25) is 9.80 Å². The van der Waals surface area contributed by atoms with Crippen molar-refractivity contribution in [2.24, 2.45) is 0 Å². The van der Waals surface area contributed by atoms with Gasteiger partial charge in [-0.2, -0.15) is 10.5 Å². The maximum atomic E-state index is 12.0. The van der Waals surface area contributed by atoms with E-state index in [2.05, 4.69) is 31.6 Å². The summed E-state index contributed by atoms with van der Waals surface area (Å²) < 4.78 is 11.2. The molecule has 0 spiro atoms. The monoisotopic (exact) mass is 435 g/mol. The highest BCUT2D eigenvalue weighted by atomic mass is 16.6. The average Bonchev–Trinajstić information content (AvgIpc) is 3.38. The van der Waals surface area contributed by atoms with Gasteiger partial charge in [-0.05, 0) is 74.1 Å². The molecule has 10 nitrogen and oxygen atoms in total. The normalized spacial score (nSPS) is 23.1. The van der Waals surface area contributed by atoms with Crippen molar-refractivity contribution in [2.75, 3.05) is 13.1 Å². The molecule has 1 aromatic heterocycles. The third-order valence-electron chi connectivity index (χ3n) is 4.97. The number of hydrogen-bond donors (Lipinski definition) is 1. The number of carbonyl (C=O) groups excluding carboxylic acids is 1. The van der Waals surface area contributed by atoms with Crippen molar-refractivity contribution in [2.45, 2.75) is 104 Å². The molecule has 0 saturated carbocycles. The molecule has 2 saturated heterocycles. The number of ether oxygens (including phenoxy) is 2. The summed E-state index contributed by atoms with van der Waals surface area (Å²) in [7, 11) is 0. The van der Waals surface area contributed by atoms with Gasteiger partial charge in [0.25, 0.3) is 0 Å². The molecule has 1 aromatic rings. The van der Waals surface area contributed by atoms with Crippen molar-refractivity contribution < 1.29 is 14.3 Å². The van der Waals surface area contributed by atoms with Gasteiger partial charge in [0.1, 0.15) is 11.8 Å². The van der Waals surface area contributed by atoms with E-state index < -0.39 is 5.60 Å². The summed E-state index contributed by atoms with van der Waals surface area (Å²) in [5.41, 5.74) is -0.622. The molecule has 3 rings (SSSR count). The van der Waals surface area contributed by atoms with E-state index in [1.807, 2.05) is 48.5 Å². The molecular formula is C21H37N7O3.